The van der Waals surface area contributed by atoms with Crippen LogP contribution in [0, 0.1) is 5.92 Å². The predicted molar refractivity (Wildman–Crippen MR) is 94.9 cm³/mol. The molecule has 25 heavy (non-hydrogen) atoms. The first kappa shape index (κ1) is 15.7. The van der Waals surface area contributed by atoms with Gasteiger partial charge in [0.25, 0.3) is 0 Å². The van der Waals surface area contributed by atoms with E-state index in [0.717, 1.165) is 12.8 Å². The van der Waals surface area contributed by atoms with Crippen LogP contribution in [0.1, 0.15) is 12.8 Å². The van der Waals surface area contributed by atoms with Gasteiger partial charge in [-0.25, -0.2) is 9.97 Å². The quantitative estimate of drug-likeness (QED) is 0.776. The highest BCUT2D eigenvalue weighted by atomic mass is 35.5. The number of aromatic nitrogens is 4. The van der Waals surface area contributed by atoms with E-state index in [0.29, 0.717) is 33.5 Å². The molecule has 0 atom stereocenters. The molecule has 0 saturated heterocycles. The summed E-state index contributed by atoms with van der Waals surface area (Å²) < 4.78 is 0. The Morgan fingerprint density at radius 3 is 2.68 bits per heavy atom. The van der Waals surface area contributed by atoms with Crippen LogP contribution in [0.4, 0.5) is 5.82 Å². The summed E-state index contributed by atoms with van der Waals surface area (Å²) in [5, 5.41) is 3.30. The number of carbonyl (C=O) groups is 1. The maximum atomic E-state index is 12.0. The van der Waals surface area contributed by atoms with E-state index in [2.05, 4.69) is 25.3 Å². The van der Waals surface area contributed by atoms with Crippen molar-refractivity contribution in [3.05, 3.63) is 54.1 Å². The molecule has 1 saturated carbocycles. The van der Waals surface area contributed by atoms with E-state index in [-0.39, 0.29) is 11.8 Å². The molecule has 0 aliphatic heterocycles. The number of halogens is 1. The Bertz CT molecular complexity index is 928. The smallest absolute Gasteiger partial charge is 0.228 e. The van der Waals surface area contributed by atoms with Crippen LogP contribution in [0.3, 0.4) is 0 Å². The molecule has 0 unspecified atom stereocenters. The van der Waals surface area contributed by atoms with Crippen LogP contribution < -0.4 is 5.32 Å². The zero-order chi connectivity index (χ0) is 17.2. The summed E-state index contributed by atoms with van der Waals surface area (Å²) in [4.78, 5) is 29.4. The SMILES string of the molecule is O=C(Nc1cnc(-c2ccncc2Cl)c(-c2ccccn2)n1)C1CC1. The lowest BCUT2D eigenvalue weighted by Gasteiger charge is -2.11. The lowest BCUT2D eigenvalue weighted by Crippen LogP contribution is -2.15. The molecule has 1 amide bonds. The first-order valence-electron chi connectivity index (χ1n) is 7.91. The highest BCUT2D eigenvalue weighted by molar-refractivity contribution is 6.33. The number of nitrogens with one attached hydrogen (secondary N) is 1. The van der Waals surface area contributed by atoms with Crippen molar-refractivity contribution >= 4 is 23.3 Å². The third-order valence-corrected chi connectivity index (χ3v) is 4.21. The van der Waals surface area contributed by atoms with Crippen molar-refractivity contribution in [3.63, 3.8) is 0 Å². The van der Waals surface area contributed by atoms with Gasteiger partial charge in [0.05, 0.1) is 22.6 Å². The second-order valence-electron chi connectivity index (χ2n) is 5.79. The molecule has 1 N–H and O–H groups in total. The molecule has 3 aromatic heterocycles. The van der Waals surface area contributed by atoms with Gasteiger partial charge in [0, 0.05) is 30.1 Å². The van der Waals surface area contributed by atoms with E-state index < -0.39 is 0 Å². The Morgan fingerprint density at radius 1 is 1.08 bits per heavy atom. The van der Waals surface area contributed by atoms with Crippen molar-refractivity contribution in [1.29, 1.82) is 0 Å². The Labute approximate surface area is 149 Å². The summed E-state index contributed by atoms with van der Waals surface area (Å²) in [7, 11) is 0. The number of hydrogen-bond donors (Lipinski definition) is 1. The topological polar surface area (TPSA) is 80.7 Å². The fraction of sp³-hybridized carbons (Fsp3) is 0.167. The maximum absolute atomic E-state index is 12.0. The number of nitrogens with zero attached hydrogens (tertiary/aromatic N) is 4. The molecule has 4 rings (SSSR count). The van der Waals surface area contributed by atoms with Gasteiger partial charge in [-0.15, -0.1) is 0 Å². The minimum Gasteiger partial charge on any atom is -0.309 e. The number of anilines is 1. The minimum absolute atomic E-state index is 0.0176. The second-order valence-corrected chi connectivity index (χ2v) is 6.19. The number of hydrogen-bond acceptors (Lipinski definition) is 5. The van der Waals surface area contributed by atoms with Crippen LogP contribution in [0.5, 0.6) is 0 Å². The number of rotatable bonds is 4. The van der Waals surface area contributed by atoms with Gasteiger partial charge in [0.1, 0.15) is 5.69 Å². The van der Waals surface area contributed by atoms with Crippen molar-refractivity contribution in [2.24, 2.45) is 5.92 Å². The van der Waals surface area contributed by atoms with E-state index in [1.807, 2.05) is 18.2 Å². The fourth-order valence-corrected chi connectivity index (χ4v) is 2.68. The molecule has 0 bridgehead atoms. The van der Waals surface area contributed by atoms with Crippen molar-refractivity contribution in [1.82, 2.24) is 19.9 Å². The summed E-state index contributed by atoms with van der Waals surface area (Å²) >= 11 is 6.27. The molecule has 7 heteroatoms. The summed E-state index contributed by atoms with van der Waals surface area (Å²) in [5.41, 5.74) is 2.52. The molecule has 1 aliphatic rings. The van der Waals surface area contributed by atoms with E-state index in [9.17, 15) is 4.79 Å². The summed E-state index contributed by atoms with van der Waals surface area (Å²) in [6.45, 7) is 0. The average Bonchev–Trinajstić information content (AvgIpc) is 3.48. The molecule has 0 radical (unpaired) electrons. The predicted octanol–water partition coefficient (Wildman–Crippen LogP) is 3.60. The van der Waals surface area contributed by atoms with Gasteiger partial charge >= 0.3 is 0 Å². The first-order valence-corrected chi connectivity index (χ1v) is 8.29. The van der Waals surface area contributed by atoms with Gasteiger partial charge in [-0.3, -0.25) is 14.8 Å². The molecule has 0 aromatic carbocycles. The number of carbonyl (C=O) groups excluding carboxylic acids is 1. The highest BCUT2D eigenvalue weighted by Gasteiger charge is 2.30. The summed E-state index contributed by atoms with van der Waals surface area (Å²) in [6, 6.07) is 7.32. The van der Waals surface area contributed by atoms with Crippen LogP contribution >= 0.6 is 11.6 Å². The van der Waals surface area contributed by atoms with Gasteiger partial charge in [0.2, 0.25) is 5.91 Å². The Hall–Kier alpha value is -2.86. The highest BCUT2D eigenvalue weighted by Crippen LogP contribution is 2.33. The zero-order valence-corrected chi connectivity index (χ0v) is 13.9. The molecule has 3 aromatic rings. The average molecular weight is 352 g/mol. The summed E-state index contributed by atoms with van der Waals surface area (Å²) in [6.07, 6.45) is 8.29. The normalized spacial score (nSPS) is 13.5. The second kappa shape index (κ2) is 6.57. The van der Waals surface area contributed by atoms with Gasteiger partial charge < -0.3 is 5.32 Å². The zero-order valence-electron chi connectivity index (χ0n) is 13.2. The Morgan fingerprint density at radius 2 is 1.96 bits per heavy atom. The van der Waals surface area contributed by atoms with Crippen molar-refractivity contribution in [3.8, 4) is 22.6 Å². The first-order chi connectivity index (χ1) is 12.2. The lowest BCUT2D eigenvalue weighted by atomic mass is 10.1. The maximum Gasteiger partial charge on any atom is 0.228 e. The van der Waals surface area contributed by atoms with Gasteiger partial charge in [-0.1, -0.05) is 17.7 Å². The van der Waals surface area contributed by atoms with Gasteiger partial charge in [-0.2, -0.15) is 0 Å². The lowest BCUT2D eigenvalue weighted by molar-refractivity contribution is -0.117. The molecular formula is C18H14ClN5O. The van der Waals surface area contributed by atoms with Gasteiger partial charge in [0.15, 0.2) is 5.82 Å². The van der Waals surface area contributed by atoms with Gasteiger partial charge in [-0.05, 0) is 31.0 Å². The fourth-order valence-electron chi connectivity index (χ4n) is 2.47. The van der Waals surface area contributed by atoms with Crippen molar-refractivity contribution < 1.29 is 4.79 Å². The minimum atomic E-state index is -0.0176. The molecule has 6 nitrogen and oxygen atoms in total. The Kier molecular flexibility index (Phi) is 4.11. The molecule has 1 fully saturated rings. The molecule has 3 heterocycles. The van der Waals surface area contributed by atoms with E-state index in [1.54, 1.807) is 30.9 Å². The van der Waals surface area contributed by atoms with Crippen molar-refractivity contribution in [2.45, 2.75) is 12.8 Å². The summed E-state index contributed by atoms with van der Waals surface area (Å²) in [5.74, 6) is 0.483. The van der Waals surface area contributed by atoms with Crippen LogP contribution in [0.2, 0.25) is 5.02 Å². The standard InChI is InChI=1S/C18H14ClN5O/c19-13-9-20-8-6-12(13)16-17(14-3-1-2-7-21-14)23-15(10-22-16)24-18(25)11-4-5-11/h1-3,6-11H,4-5H2,(H,23,24,25). The third kappa shape index (κ3) is 3.34. The molecule has 0 spiro atoms. The largest absolute Gasteiger partial charge is 0.309 e. The molecule has 124 valence electrons. The monoisotopic (exact) mass is 351 g/mol. The van der Waals surface area contributed by atoms with E-state index in [4.69, 9.17) is 11.6 Å². The number of amides is 1. The third-order valence-electron chi connectivity index (χ3n) is 3.91. The van der Waals surface area contributed by atoms with E-state index in [1.165, 1.54) is 0 Å². The molecular weight excluding hydrogens is 338 g/mol. The van der Waals surface area contributed by atoms with Crippen molar-refractivity contribution in [2.75, 3.05) is 5.32 Å². The van der Waals surface area contributed by atoms with E-state index >= 15 is 0 Å². The molecule has 1 aliphatic carbocycles. The Balaban J connectivity index is 1.80. The van der Waals surface area contributed by atoms with Crippen LogP contribution in [0.15, 0.2) is 49.1 Å². The van der Waals surface area contributed by atoms with Crippen LogP contribution in [-0.2, 0) is 4.79 Å². The van der Waals surface area contributed by atoms with Crippen LogP contribution in [0.25, 0.3) is 22.6 Å². The number of pyridine rings is 2. The van der Waals surface area contributed by atoms with Crippen LogP contribution in [-0.4, -0.2) is 25.8 Å².